The maximum Gasteiger partial charge on any atom is 0.254 e. The van der Waals surface area contributed by atoms with Crippen LogP contribution in [0.1, 0.15) is 40.4 Å². The first-order chi connectivity index (χ1) is 10.2. The van der Waals surface area contributed by atoms with E-state index in [-0.39, 0.29) is 17.8 Å². The summed E-state index contributed by atoms with van der Waals surface area (Å²) in [4.78, 5) is 14.5. The highest BCUT2D eigenvalue weighted by Crippen LogP contribution is 2.34. The number of halogens is 1. The summed E-state index contributed by atoms with van der Waals surface area (Å²) >= 11 is 0. The fraction of sp³-hybridized carbons (Fsp3) is 0.278. The van der Waals surface area contributed by atoms with Crippen LogP contribution >= 0.6 is 0 Å². The number of nitrogens with zero attached hydrogens (tertiary/aromatic N) is 1. The minimum Gasteiger partial charge on any atom is -0.331 e. The lowest BCUT2D eigenvalue weighted by molar-refractivity contribution is 0.0733. The average Bonchev–Trinajstić information content (AvgIpc) is 2.97. The zero-order chi connectivity index (χ0) is 14.8. The molecule has 0 bridgehead atoms. The van der Waals surface area contributed by atoms with Crippen molar-refractivity contribution in [3.8, 4) is 0 Å². The van der Waals surface area contributed by atoms with Crippen molar-refractivity contribution in [2.75, 3.05) is 6.54 Å². The number of hydrogen-bond acceptors (Lipinski definition) is 1. The molecule has 0 aromatic heterocycles. The molecule has 3 rings (SSSR count). The van der Waals surface area contributed by atoms with E-state index in [1.807, 2.05) is 37.3 Å². The Morgan fingerprint density at radius 1 is 1.14 bits per heavy atom. The van der Waals surface area contributed by atoms with Gasteiger partial charge in [0.15, 0.2) is 0 Å². The van der Waals surface area contributed by atoms with Crippen molar-refractivity contribution in [3.63, 3.8) is 0 Å². The van der Waals surface area contributed by atoms with Gasteiger partial charge < -0.3 is 4.90 Å². The lowest BCUT2D eigenvalue weighted by Crippen LogP contribution is -2.31. The molecule has 3 heteroatoms. The van der Waals surface area contributed by atoms with Gasteiger partial charge in [0.1, 0.15) is 5.82 Å². The molecule has 2 nitrogen and oxygen atoms in total. The Balaban J connectivity index is 1.89. The first-order valence-electron chi connectivity index (χ1n) is 7.29. The van der Waals surface area contributed by atoms with E-state index in [9.17, 15) is 9.18 Å². The van der Waals surface area contributed by atoms with Crippen LogP contribution in [0.5, 0.6) is 0 Å². The van der Waals surface area contributed by atoms with E-state index in [4.69, 9.17) is 0 Å². The van der Waals surface area contributed by atoms with Crippen molar-refractivity contribution in [1.29, 1.82) is 0 Å². The Morgan fingerprint density at radius 3 is 2.57 bits per heavy atom. The van der Waals surface area contributed by atoms with Crippen molar-refractivity contribution in [1.82, 2.24) is 4.90 Å². The van der Waals surface area contributed by atoms with Crippen LogP contribution in [0.3, 0.4) is 0 Å². The molecule has 0 aliphatic carbocycles. The monoisotopic (exact) mass is 283 g/mol. The molecule has 1 heterocycles. The second-order valence-electron chi connectivity index (χ2n) is 5.54. The van der Waals surface area contributed by atoms with Gasteiger partial charge in [0.2, 0.25) is 0 Å². The number of hydrogen-bond donors (Lipinski definition) is 0. The van der Waals surface area contributed by atoms with E-state index >= 15 is 0 Å². The van der Waals surface area contributed by atoms with Gasteiger partial charge in [-0.1, -0.05) is 35.9 Å². The number of carbonyl (C=O) groups excluding carboxylic acids is 1. The van der Waals surface area contributed by atoms with Crippen molar-refractivity contribution < 1.29 is 9.18 Å². The Morgan fingerprint density at radius 2 is 1.86 bits per heavy atom. The summed E-state index contributed by atoms with van der Waals surface area (Å²) in [7, 11) is 0. The Hall–Kier alpha value is -2.16. The maximum absolute atomic E-state index is 14.0. The second-order valence-corrected chi connectivity index (χ2v) is 5.54. The molecule has 2 aromatic rings. The standard InChI is InChI=1S/C18H18FNO/c1-13-8-10-14(11-9-13)18(21)20-12-4-7-17(20)15-5-2-3-6-16(15)19/h2-3,5-6,8-11,17H,4,7,12H2,1H3/t17-/m0/s1. The quantitative estimate of drug-likeness (QED) is 0.812. The summed E-state index contributed by atoms with van der Waals surface area (Å²) in [5.74, 6) is -0.244. The van der Waals surface area contributed by atoms with E-state index in [0.717, 1.165) is 18.4 Å². The van der Waals surface area contributed by atoms with E-state index < -0.39 is 0 Å². The third-order valence-electron chi connectivity index (χ3n) is 4.08. The summed E-state index contributed by atoms with van der Waals surface area (Å²) in [5.41, 5.74) is 2.41. The van der Waals surface area contributed by atoms with E-state index in [1.165, 1.54) is 6.07 Å². The number of likely N-dealkylation sites (tertiary alicyclic amines) is 1. The van der Waals surface area contributed by atoms with Gasteiger partial charge >= 0.3 is 0 Å². The number of amides is 1. The molecule has 108 valence electrons. The predicted molar refractivity (Wildman–Crippen MR) is 80.6 cm³/mol. The number of carbonyl (C=O) groups is 1. The smallest absolute Gasteiger partial charge is 0.254 e. The van der Waals surface area contributed by atoms with Crippen LogP contribution < -0.4 is 0 Å². The van der Waals surface area contributed by atoms with Crippen molar-refractivity contribution in [2.24, 2.45) is 0 Å². The highest BCUT2D eigenvalue weighted by molar-refractivity contribution is 5.94. The normalized spacial score (nSPS) is 18.0. The molecule has 2 aromatic carbocycles. The van der Waals surface area contributed by atoms with Crippen LogP contribution in [0.4, 0.5) is 4.39 Å². The molecule has 1 fully saturated rings. The molecule has 1 aliphatic heterocycles. The van der Waals surface area contributed by atoms with Gasteiger partial charge in [-0.15, -0.1) is 0 Å². The fourth-order valence-corrected chi connectivity index (χ4v) is 2.94. The van der Waals surface area contributed by atoms with Gasteiger partial charge in [-0.3, -0.25) is 4.79 Å². The summed E-state index contributed by atoms with van der Waals surface area (Å²) in [5, 5.41) is 0. The Bertz CT molecular complexity index is 651. The highest BCUT2D eigenvalue weighted by Gasteiger charge is 2.31. The molecule has 1 amide bonds. The molecule has 0 saturated carbocycles. The van der Waals surface area contributed by atoms with Crippen LogP contribution in [0.25, 0.3) is 0 Å². The average molecular weight is 283 g/mol. The lowest BCUT2D eigenvalue weighted by atomic mass is 10.0. The molecular weight excluding hydrogens is 265 g/mol. The topological polar surface area (TPSA) is 20.3 Å². The van der Waals surface area contributed by atoms with Gasteiger partial charge in [-0.25, -0.2) is 4.39 Å². The summed E-state index contributed by atoms with van der Waals surface area (Å²) in [6.45, 7) is 2.68. The van der Waals surface area contributed by atoms with Crippen LogP contribution in [-0.2, 0) is 0 Å². The third kappa shape index (κ3) is 2.68. The molecule has 1 atom stereocenters. The summed E-state index contributed by atoms with van der Waals surface area (Å²) < 4.78 is 14.0. The van der Waals surface area contributed by atoms with E-state index in [0.29, 0.717) is 17.7 Å². The van der Waals surface area contributed by atoms with Crippen molar-refractivity contribution in [3.05, 3.63) is 71.0 Å². The molecule has 0 spiro atoms. The van der Waals surface area contributed by atoms with E-state index in [1.54, 1.807) is 17.0 Å². The highest BCUT2D eigenvalue weighted by atomic mass is 19.1. The second kappa shape index (κ2) is 5.68. The van der Waals surface area contributed by atoms with Crippen LogP contribution in [0, 0.1) is 12.7 Å². The molecule has 1 aliphatic rings. The van der Waals surface area contributed by atoms with Crippen LogP contribution in [0.15, 0.2) is 48.5 Å². The summed E-state index contributed by atoms with van der Waals surface area (Å²) in [6, 6.07) is 14.1. The zero-order valence-electron chi connectivity index (χ0n) is 12.1. The van der Waals surface area contributed by atoms with Crippen LogP contribution in [0.2, 0.25) is 0 Å². The minimum absolute atomic E-state index is 0.0132. The maximum atomic E-state index is 14.0. The third-order valence-corrected chi connectivity index (χ3v) is 4.08. The van der Waals surface area contributed by atoms with Gasteiger partial charge in [-0.05, 0) is 38.0 Å². The molecule has 0 unspecified atom stereocenters. The molecular formula is C18H18FNO. The molecule has 0 radical (unpaired) electrons. The molecule has 21 heavy (non-hydrogen) atoms. The van der Waals surface area contributed by atoms with Crippen molar-refractivity contribution in [2.45, 2.75) is 25.8 Å². The van der Waals surface area contributed by atoms with E-state index in [2.05, 4.69) is 0 Å². The minimum atomic E-state index is -0.230. The van der Waals surface area contributed by atoms with Gasteiger partial charge in [0.25, 0.3) is 5.91 Å². The largest absolute Gasteiger partial charge is 0.331 e. The van der Waals surface area contributed by atoms with Gasteiger partial charge in [-0.2, -0.15) is 0 Å². The lowest BCUT2D eigenvalue weighted by Gasteiger charge is -2.25. The fourth-order valence-electron chi connectivity index (χ4n) is 2.94. The Labute approximate surface area is 124 Å². The first kappa shape index (κ1) is 13.8. The van der Waals surface area contributed by atoms with Gasteiger partial charge in [0.05, 0.1) is 6.04 Å². The first-order valence-corrected chi connectivity index (χ1v) is 7.29. The Kier molecular flexibility index (Phi) is 3.74. The van der Waals surface area contributed by atoms with Crippen LogP contribution in [-0.4, -0.2) is 17.4 Å². The number of benzene rings is 2. The number of aryl methyl sites for hydroxylation is 1. The zero-order valence-corrected chi connectivity index (χ0v) is 12.1. The SMILES string of the molecule is Cc1ccc(C(=O)N2CCC[C@H]2c2ccccc2F)cc1. The number of rotatable bonds is 2. The van der Waals surface area contributed by atoms with Gasteiger partial charge in [0, 0.05) is 17.7 Å². The molecule has 0 N–H and O–H groups in total. The van der Waals surface area contributed by atoms with Crippen molar-refractivity contribution >= 4 is 5.91 Å². The summed E-state index contributed by atoms with van der Waals surface area (Å²) in [6.07, 6.45) is 1.73. The molecule has 1 saturated heterocycles. The predicted octanol–water partition coefficient (Wildman–Crippen LogP) is 4.11.